The van der Waals surface area contributed by atoms with Crippen molar-refractivity contribution in [3.8, 4) is 5.75 Å². The minimum Gasteiger partial charge on any atom is -0.508 e. The first kappa shape index (κ1) is 15.8. The maximum Gasteiger partial charge on any atom is 0.232 e. The van der Waals surface area contributed by atoms with Crippen molar-refractivity contribution < 1.29 is 5.11 Å². The van der Waals surface area contributed by atoms with Crippen LogP contribution in [0.25, 0.3) is 11.2 Å². The van der Waals surface area contributed by atoms with Crippen molar-refractivity contribution >= 4 is 28.7 Å². The zero-order chi connectivity index (χ0) is 17.8. The second kappa shape index (κ2) is 7.01. The average Bonchev–Trinajstić information content (AvgIpc) is 3.13. The summed E-state index contributed by atoms with van der Waals surface area (Å²) in [4.78, 5) is 24.3. The fourth-order valence-corrected chi connectivity index (χ4v) is 2.48. The number of aromatic amines is 1. The number of nitrogens with one attached hydrogen (secondary N) is 3. The van der Waals surface area contributed by atoms with Gasteiger partial charge in [0.2, 0.25) is 5.95 Å². The van der Waals surface area contributed by atoms with E-state index >= 15 is 0 Å². The Morgan fingerprint density at radius 1 is 1.04 bits per heavy atom. The molecule has 3 aromatic heterocycles. The molecule has 0 aliphatic rings. The van der Waals surface area contributed by atoms with Crippen LogP contribution in [0, 0.1) is 0 Å². The molecule has 4 N–H and O–H groups in total. The molecule has 9 heteroatoms. The molecular weight excluding hydrogens is 332 g/mol. The Balaban J connectivity index is 1.51. The van der Waals surface area contributed by atoms with Crippen LogP contribution in [0.1, 0.15) is 5.56 Å². The second-order valence-electron chi connectivity index (χ2n) is 5.56. The molecule has 0 amide bonds. The van der Waals surface area contributed by atoms with Crippen molar-refractivity contribution in [1.29, 1.82) is 0 Å². The third-order valence-corrected chi connectivity index (χ3v) is 3.73. The number of aromatic hydroxyl groups is 1. The molecule has 0 radical (unpaired) electrons. The molecule has 3 heterocycles. The van der Waals surface area contributed by atoms with E-state index in [9.17, 15) is 5.11 Å². The van der Waals surface area contributed by atoms with Crippen LogP contribution in [0.5, 0.6) is 5.75 Å². The van der Waals surface area contributed by atoms with Crippen molar-refractivity contribution in [1.82, 2.24) is 29.9 Å². The fraction of sp³-hybridized carbons (Fsp3) is 0.118. The highest BCUT2D eigenvalue weighted by Gasteiger charge is 2.10. The molecule has 0 spiro atoms. The first-order valence-electron chi connectivity index (χ1n) is 8.04. The van der Waals surface area contributed by atoms with Crippen molar-refractivity contribution in [2.45, 2.75) is 6.42 Å². The van der Waals surface area contributed by atoms with Crippen LogP contribution in [0.4, 0.5) is 17.6 Å². The van der Waals surface area contributed by atoms with E-state index in [0.717, 1.165) is 17.5 Å². The molecule has 4 rings (SSSR count). The SMILES string of the molecule is Oc1ccc(CCNc2nc(Nc3cnccn3)nc3nc[nH]c23)cc1. The summed E-state index contributed by atoms with van der Waals surface area (Å²) in [5.74, 6) is 1.85. The molecule has 26 heavy (non-hydrogen) atoms. The Bertz CT molecular complexity index is 1000. The summed E-state index contributed by atoms with van der Waals surface area (Å²) in [7, 11) is 0. The van der Waals surface area contributed by atoms with E-state index in [1.165, 1.54) is 0 Å². The van der Waals surface area contributed by atoms with Crippen molar-refractivity contribution in [2.75, 3.05) is 17.2 Å². The molecule has 0 atom stereocenters. The van der Waals surface area contributed by atoms with Crippen LogP contribution in [0.15, 0.2) is 49.2 Å². The van der Waals surface area contributed by atoms with Gasteiger partial charge in [0.15, 0.2) is 17.3 Å². The number of fused-ring (bicyclic) bond motifs is 1. The summed E-state index contributed by atoms with van der Waals surface area (Å²) in [6, 6.07) is 7.14. The van der Waals surface area contributed by atoms with E-state index in [1.807, 2.05) is 12.1 Å². The predicted molar refractivity (Wildman–Crippen MR) is 97.3 cm³/mol. The quantitative estimate of drug-likeness (QED) is 0.418. The molecule has 0 bridgehead atoms. The predicted octanol–water partition coefficient (Wildman–Crippen LogP) is 2.25. The number of hydrogen-bond donors (Lipinski definition) is 4. The summed E-state index contributed by atoms with van der Waals surface area (Å²) in [5, 5.41) is 15.7. The van der Waals surface area contributed by atoms with Crippen LogP contribution in [0.3, 0.4) is 0 Å². The Hall–Kier alpha value is -3.75. The molecule has 0 fully saturated rings. The Kier molecular flexibility index (Phi) is 4.25. The van der Waals surface area contributed by atoms with Crippen LogP contribution >= 0.6 is 0 Å². The number of benzene rings is 1. The van der Waals surface area contributed by atoms with E-state index in [-0.39, 0.29) is 5.75 Å². The highest BCUT2D eigenvalue weighted by molar-refractivity contribution is 5.84. The van der Waals surface area contributed by atoms with Crippen LogP contribution < -0.4 is 10.6 Å². The maximum atomic E-state index is 9.35. The van der Waals surface area contributed by atoms with Gasteiger partial charge in [0.1, 0.15) is 11.3 Å². The maximum absolute atomic E-state index is 9.35. The van der Waals surface area contributed by atoms with E-state index in [0.29, 0.717) is 29.8 Å². The summed E-state index contributed by atoms with van der Waals surface area (Å²) in [6.07, 6.45) is 7.14. The second-order valence-corrected chi connectivity index (χ2v) is 5.56. The van der Waals surface area contributed by atoms with Crippen molar-refractivity contribution in [2.24, 2.45) is 0 Å². The molecule has 0 unspecified atom stereocenters. The minimum absolute atomic E-state index is 0.261. The van der Waals surface area contributed by atoms with E-state index in [2.05, 4.69) is 40.5 Å². The number of nitrogens with zero attached hydrogens (tertiary/aromatic N) is 5. The first-order valence-corrected chi connectivity index (χ1v) is 8.04. The Labute approximate surface area is 148 Å². The number of aromatic nitrogens is 6. The Morgan fingerprint density at radius 2 is 1.92 bits per heavy atom. The number of imidazole rings is 1. The zero-order valence-corrected chi connectivity index (χ0v) is 13.7. The first-order chi connectivity index (χ1) is 12.8. The van der Waals surface area contributed by atoms with E-state index in [4.69, 9.17) is 0 Å². The normalized spacial score (nSPS) is 10.8. The number of H-pyrrole nitrogens is 1. The molecule has 1 aromatic carbocycles. The van der Waals surface area contributed by atoms with Gasteiger partial charge in [0.05, 0.1) is 12.5 Å². The van der Waals surface area contributed by atoms with Gasteiger partial charge in [-0.3, -0.25) is 4.98 Å². The lowest BCUT2D eigenvalue weighted by molar-refractivity contribution is 0.475. The lowest BCUT2D eigenvalue weighted by Gasteiger charge is -2.09. The topological polar surface area (TPSA) is 125 Å². The number of hydrogen-bond acceptors (Lipinski definition) is 8. The van der Waals surface area contributed by atoms with Gasteiger partial charge in [-0.15, -0.1) is 0 Å². The summed E-state index contributed by atoms with van der Waals surface area (Å²) in [5.41, 5.74) is 2.40. The van der Waals surface area contributed by atoms with Gasteiger partial charge in [-0.2, -0.15) is 9.97 Å². The minimum atomic E-state index is 0.261. The summed E-state index contributed by atoms with van der Waals surface area (Å²) >= 11 is 0. The Morgan fingerprint density at radius 3 is 2.73 bits per heavy atom. The molecule has 0 aliphatic heterocycles. The van der Waals surface area contributed by atoms with E-state index < -0.39 is 0 Å². The van der Waals surface area contributed by atoms with Crippen molar-refractivity contribution in [3.63, 3.8) is 0 Å². The largest absolute Gasteiger partial charge is 0.508 e. The van der Waals surface area contributed by atoms with Gasteiger partial charge in [-0.05, 0) is 24.1 Å². The smallest absolute Gasteiger partial charge is 0.232 e. The third kappa shape index (κ3) is 3.51. The summed E-state index contributed by atoms with van der Waals surface area (Å²) in [6.45, 7) is 0.667. The molecule has 0 saturated heterocycles. The monoisotopic (exact) mass is 348 g/mol. The number of phenolic OH excluding ortho intramolecular Hbond substituents is 1. The van der Waals surface area contributed by atoms with Crippen LogP contribution in [0.2, 0.25) is 0 Å². The molecule has 9 nitrogen and oxygen atoms in total. The van der Waals surface area contributed by atoms with Crippen molar-refractivity contribution in [3.05, 3.63) is 54.7 Å². The van der Waals surface area contributed by atoms with Gasteiger partial charge in [0.25, 0.3) is 0 Å². The highest BCUT2D eigenvalue weighted by Crippen LogP contribution is 2.20. The van der Waals surface area contributed by atoms with Gasteiger partial charge < -0.3 is 20.7 Å². The number of anilines is 3. The van der Waals surface area contributed by atoms with Crippen LogP contribution in [-0.2, 0) is 6.42 Å². The standard InChI is InChI=1S/C17H16N8O/c26-12-3-1-11(2-4-12)5-6-20-15-14-16(22-10-21-14)25-17(24-15)23-13-9-18-7-8-19-13/h1-4,7-10,26H,5-6H2,(H3,19,20,21,22,23,24,25). The number of phenols is 1. The fourth-order valence-electron chi connectivity index (χ4n) is 2.48. The third-order valence-electron chi connectivity index (χ3n) is 3.73. The van der Waals surface area contributed by atoms with E-state index in [1.54, 1.807) is 37.1 Å². The zero-order valence-electron chi connectivity index (χ0n) is 13.7. The number of rotatable bonds is 6. The van der Waals surface area contributed by atoms with Gasteiger partial charge in [-0.25, -0.2) is 9.97 Å². The van der Waals surface area contributed by atoms with Gasteiger partial charge >= 0.3 is 0 Å². The molecule has 0 saturated carbocycles. The molecular formula is C17H16N8O. The van der Waals surface area contributed by atoms with Crippen LogP contribution in [-0.4, -0.2) is 41.6 Å². The lowest BCUT2D eigenvalue weighted by Crippen LogP contribution is -2.09. The van der Waals surface area contributed by atoms with Gasteiger partial charge in [-0.1, -0.05) is 12.1 Å². The summed E-state index contributed by atoms with van der Waals surface area (Å²) < 4.78 is 0. The highest BCUT2D eigenvalue weighted by atomic mass is 16.3. The lowest BCUT2D eigenvalue weighted by atomic mass is 10.1. The molecule has 0 aliphatic carbocycles. The molecule has 130 valence electrons. The molecule has 4 aromatic rings. The van der Waals surface area contributed by atoms with Gasteiger partial charge in [0, 0.05) is 18.9 Å². The average molecular weight is 348 g/mol.